The topological polar surface area (TPSA) is 72.6 Å². The van der Waals surface area contributed by atoms with Crippen LogP contribution in [0, 0.1) is 0 Å². The lowest BCUT2D eigenvalue weighted by Crippen LogP contribution is -2.36. The van der Waals surface area contributed by atoms with Crippen LogP contribution in [0.1, 0.15) is 0 Å². The van der Waals surface area contributed by atoms with Crippen LogP contribution in [0.25, 0.3) is 0 Å². The Labute approximate surface area is 76.5 Å². The molecule has 5 heteroatoms. The SMILES string of the molecule is NC(=O)COB(O)c1ccccc1. The van der Waals surface area contributed by atoms with Gasteiger partial charge in [0.05, 0.1) is 0 Å². The maximum absolute atomic E-state index is 10.3. The molecule has 0 aliphatic rings. The predicted octanol–water partition coefficient (Wildman–Crippen LogP) is -1.12. The summed E-state index contributed by atoms with van der Waals surface area (Å²) in [6, 6.07) is 8.76. The second kappa shape index (κ2) is 4.64. The number of hydrogen-bond donors (Lipinski definition) is 2. The van der Waals surface area contributed by atoms with Gasteiger partial charge >= 0.3 is 7.12 Å². The summed E-state index contributed by atoms with van der Waals surface area (Å²) in [7, 11) is -1.09. The van der Waals surface area contributed by atoms with Crippen molar-refractivity contribution in [1.29, 1.82) is 0 Å². The summed E-state index contributed by atoms with van der Waals surface area (Å²) in [5.74, 6) is -0.602. The molecule has 4 nitrogen and oxygen atoms in total. The van der Waals surface area contributed by atoms with Gasteiger partial charge in [-0.15, -0.1) is 0 Å². The number of amides is 1. The highest BCUT2D eigenvalue weighted by Gasteiger charge is 2.15. The molecule has 0 bridgehead atoms. The van der Waals surface area contributed by atoms with Crippen LogP contribution in [-0.2, 0) is 9.45 Å². The Bertz CT molecular complexity index is 278. The summed E-state index contributed by atoms with van der Waals surface area (Å²) in [5, 5.41) is 9.34. The zero-order chi connectivity index (χ0) is 9.68. The van der Waals surface area contributed by atoms with E-state index in [0.29, 0.717) is 5.46 Å². The number of carbonyl (C=O) groups excluding carboxylic acids is 1. The lowest BCUT2D eigenvalue weighted by atomic mass is 9.80. The van der Waals surface area contributed by atoms with Gasteiger partial charge in [0.15, 0.2) is 0 Å². The minimum absolute atomic E-state index is 0.282. The first-order valence-electron chi connectivity index (χ1n) is 3.83. The standard InChI is InChI=1S/C8H10BNO3/c10-8(11)6-13-9(12)7-4-2-1-3-5-7/h1-5,12H,6H2,(H2,10,11). The molecule has 0 saturated carbocycles. The van der Waals surface area contributed by atoms with Crippen molar-refractivity contribution < 1.29 is 14.5 Å². The summed E-state index contributed by atoms with van der Waals surface area (Å²) in [4.78, 5) is 10.3. The van der Waals surface area contributed by atoms with Gasteiger partial charge in [0, 0.05) is 0 Å². The highest BCUT2D eigenvalue weighted by molar-refractivity contribution is 6.60. The molecule has 0 radical (unpaired) electrons. The normalized spacial score (nSPS) is 9.62. The zero-order valence-electron chi connectivity index (χ0n) is 7.01. The third-order valence-corrected chi connectivity index (χ3v) is 1.47. The van der Waals surface area contributed by atoms with Crippen LogP contribution >= 0.6 is 0 Å². The summed E-state index contributed by atoms with van der Waals surface area (Å²) < 4.78 is 4.77. The fraction of sp³-hybridized carbons (Fsp3) is 0.125. The van der Waals surface area contributed by atoms with E-state index in [1.165, 1.54) is 0 Å². The number of rotatable bonds is 4. The molecule has 1 rings (SSSR count). The van der Waals surface area contributed by atoms with Gasteiger partial charge in [-0.2, -0.15) is 0 Å². The third-order valence-electron chi connectivity index (χ3n) is 1.47. The van der Waals surface area contributed by atoms with E-state index in [2.05, 4.69) is 0 Å². The van der Waals surface area contributed by atoms with E-state index in [0.717, 1.165) is 0 Å². The second-order valence-corrected chi connectivity index (χ2v) is 2.54. The van der Waals surface area contributed by atoms with Crippen molar-refractivity contribution in [3.05, 3.63) is 30.3 Å². The van der Waals surface area contributed by atoms with Crippen molar-refractivity contribution in [2.45, 2.75) is 0 Å². The zero-order valence-corrected chi connectivity index (χ0v) is 7.01. The lowest BCUT2D eigenvalue weighted by Gasteiger charge is -2.05. The third kappa shape index (κ3) is 3.27. The molecule has 1 aromatic rings. The Kier molecular flexibility index (Phi) is 3.48. The highest BCUT2D eigenvalue weighted by atomic mass is 16.5. The second-order valence-electron chi connectivity index (χ2n) is 2.54. The predicted molar refractivity (Wildman–Crippen MR) is 49.2 cm³/mol. The van der Waals surface area contributed by atoms with Crippen molar-refractivity contribution >= 4 is 18.5 Å². The molecule has 0 atom stereocenters. The van der Waals surface area contributed by atoms with E-state index in [-0.39, 0.29) is 6.61 Å². The van der Waals surface area contributed by atoms with E-state index in [4.69, 9.17) is 10.4 Å². The van der Waals surface area contributed by atoms with Gasteiger partial charge in [0.1, 0.15) is 6.61 Å². The van der Waals surface area contributed by atoms with Gasteiger partial charge in [-0.25, -0.2) is 0 Å². The Morgan fingerprint density at radius 2 is 2.08 bits per heavy atom. The molecule has 1 amide bonds. The monoisotopic (exact) mass is 179 g/mol. The molecule has 0 aliphatic heterocycles. The Hall–Kier alpha value is -1.33. The fourth-order valence-corrected chi connectivity index (χ4v) is 0.875. The van der Waals surface area contributed by atoms with Crippen LogP contribution in [-0.4, -0.2) is 24.7 Å². The van der Waals surface area contributed by atoms with Crippen molar-refractivity contribution in [1.82, 2.24) is 0 Å². The molecule has 0 spiro atoms. The van der Waals surface area contributed by atoms with E-state index >= 15 is 0 Å². The van der Waals surface area contributed by atoms with Gasteiger partial charge < -0.3 is 15.4 Å². The Morgan fingerprint density at radius 3 is 2.62 bits per heavy atom. The molecule has 0 aliphatic carbocycles. The summed E-state index contributed by atoms with van der Waals surface area (Å²) in [6.07, 6.45) is 0. The maximum Gasteiger partial charge on any atom is 0.491 e. The fourth-order valence-electron chi connectivity index (χ4n) is 0.875. The molecule has 0 fully saturated rings. The van der Waals surface area contributed by atoms with E-state index in [1.807, 2.05) is 6.07 Å². The van der Waals surface area contributed by atoms with Crippen molar-refractivity contribution in [3.8, 4) is 0 Å². The van der Waals surface area contributed by atoms with Gasteiger partial charge in [-0.1, -0.05) is 30.3 Å². The van der Waals surface area contributed by atoms with E-state index in [9.17, 15) is 9.82 Å². The summed E-state index contributed by atoms with van der Waals surface area (Å²) in [6.45, 7) is -0.282. The Morgan fingerprint density at radius 1 is 1.46 bits per heavy atom. The molecule has 3 N–H and O–H groups in total. The minimum Gasteiger partial charge on any atom is -0.423 e. The average Bonchev–Trinajstić information content (AvgIpc) is 2.15. The number of carbonyl (C=O) groups is 1. The van der Waals surface area contributed by atoms with E-state index in [1.54, 1.807) is 24.3 Å². The molecule has 0 saturated heterocycles. The largest absolute Gasteiger partial charge is 0.491 e. The van der Waals surface area contributed by atoms with E-state index < -0.39 is 13.0 Å². The molecule has 13 heavy (non-hydrogen) atoms. The number of primary amides is 1. The average molecular weight is 179 g/mol. The molecule has 0 heterocycles. The quantitative estimate of drug-likeness (QED) is 0.574. The van der Waals surface area contributed by atoms with Gasteiger partial charge in [-0.3, -0.25) is 4.79 Å². The van der Waals surface area contributed by atoms with Crippen LogP contribution in [0.4, 0.5) is 0 Å². The van der Waals surface area contributed by atoms with Gasteiger partial charge in [0.2, 0.25) is 5.91 Å². The molecule has 0 aromatic heterocycles. The van der Waals surface area contributed by atoms with Crippen LogP contribution in [0.2, 0.25) is 0 Å². The first-order valence-corrected chi connectivity index (χ1v) is 3.83. The smallest absolute Gasteiger partial charge is 0.423 e. The summed E-state index contributed by atoms with van der Waals surface area (Å²) >= 11 is 0. The number of benzene rings is 1. The lowest BCUT2D eigenvalue weighted by molar-refractivity contribution is -0.120. The van der Waals surface area contributed by atoms with Crippen molar-refractivity contribution in [2.24, 2.45) is 5.73 Å². The molecule has 68 valence electrons. The maximum atomic E-state index is 10.3. The highest BCUT2D eigenvalue weighted by Crippen LogP contribution is 1.87. The Balaban J connectivity index is 2.49. The minimum atomic E-state index is -1.09. The number of nitrogens with two attached hydrogens (primary N) is 1. The molecular weight excluding hydrogens is 169 g/mol. The first-order chi connectivity index (χ1) is 6.20. The van der Waals surface area contributed by atoms with Gasteiger partial charge in [0.25, 0.3) is 0 Å². The molecular formula is C8H10BNO3. The van der Waals surface area contributed by atoms with Crippen molar-refractivity contribution in [3.63, 3.8) is 0 Å². The van der Waals surface area contributed by atoms with Crippen molar-refractivity contribution in [2.75, 3.05) is 6.61 Å². The molecule has 0 unspecified atom stereocenters. The van der Waals surface area contributed by atoms with Crippen LogP contribution in [0.15, 0.2) is 30.3 Å². The first kappa shape index (κ1) is 9.76. The summed E-state index contributed by atoms with van der Waals surface area (Å²) in [5.41, 5.74) is 5.44. The van der Waals surface area contributed by atoms with Crippen LogP contribution < -0.4 is 11.2 Å². The molecule has 1 aromatic carbocycles. The van der Waals surface area contributed by atoms with Crippen LogP contribution in [0.3, 0.4) is 0 Å². The van der Waals surface area contributed by atoms with Gasteiger partial charge in [-0.05, 0) is 5.46 Å². The van der Waals surface area contributed by atoms with Crippen LogP contribution in [0.5, 0.6) is 0 Å². The number of hydrogen-bond acceptors (Lipinski definition) is 3.